The van der Waals surface area contributed by atoms with E-state index < -0.39 is 0 Å². The minimum Gasteiger partial charge on any atom is -0.346 e. The molecule has 0 fully saturated rings. The Labute approximate surface area is 147 Å². The number of carbonyl (C=O) groups excluding carboxylic acids is 2. The molecule has 6 nitrogen and oxygen atoms in total. The number of hydrogen-bond acceptors (Lipinski definition) is 4. The van der Waals surface area contributed by atoms with Gasteiger partial charge in [-0.15, -0.1) is 10.2 Å². The Morgan fingerprint density at radius 1 is 1.20 bits per heavy atom. The van der Waals surface area contributed by atoms with E-state index in [9.17, 15) is 9.59 Å². The number of benzene rings is 1. The quantitative estimate of drug-likeness (QED) is 0.820. The van der Waals surface area contributed by atoms with Crippen LogP contribution in [0.4, 0.5) is 0 Å². The SMILES string of the molecule is Cc1ccc(C(=O)CCC(=O)NC(C)c2nnc3n2CCC3)cc1C. The molecule has 2 aromatic rings. The lowest BCUT2D eigenvalue weighted by atomic mass is 10.0. The number of nitrogens with zero attached hydrogens (tertiary/aromatic N) is 3. The summed E-state index contributed by atoms with van der Waals surface area (Å²) in [5.74, 6) is 1.64. The number of aryl methyl sites for hydroxylation is 3. The fourth-order valence-corrected chi connectivity index (χ4v) is 3.16. The largest absolute Gasteiger partial charge is 0.346 e. The average Bonchev–Trinajstić information content (AvgIpc) is 3.18. The zero-order chi connectivity index (χ0) is 18.0. The van der Waals surface area contributed by atoms with Gasteiger partial charge in [0.05, 0.1) is 6.04 Å². The lowest BCUT2D eigenvalue weighted by molar-refractivity contribution is -0.121. The minimum absolute atomic E-state index is 0.00530. The first-order chi connectivity index (χ1) is 12.0. The molecule has 0 bridgehead atoms. The lowest BCUT2D eigenvalue weighted by Crippen LogP contribution is -2.29. The zero-order valence-corrected chi connectivity index (χ0v) is 15.0. The smallest absolute Gasteiger partial charge is 0.221 e. The van der Waals surface area contributed by atoms with Gasteiger partial charge in [0.15, 0.2) is 11.6 Å². The average molecular weight is 340 g/mol. The van der Waals surface area contributed by atoms with Crippen molar-refractivity contribution in [3.8, 4) is 0 Å². The molecule has 1 atom stereocenters. The Balaban J connectivity index is 1.53. The van der Waals surface area contributed by atoms with Gasteiger partial charge in [0.25, 0.3) is 0 Å². The standard InChI is InChI=1S/C19H24N4O2/c1-12-6-7-15(11-13(12)2)16(24)8-9-18(25)20-14(3)19-22-21-17-5-4-10-23(17)19/h6-7,11,14H,4-5,8-10H2,1-3H3,(H,20,25). The second kappa shape index (κ2) is 7.17. The van der Waals surface area contributed by atoms with Gasteiger partial charge in [0.1, 0.15) is 5.82 Å². The number of amides is 1. The molecule has 0 saturated carbocycles. The monoisotopic (exact) mass is 340 g/mol. The van der Waals surface area contributed by atoms with Gasteiger partial charge in [-0.1, -0.05) is 12.1 Å². The normalized spacial score (nSPS) is 14.2. The maximum absolute atomic E-state index is 12.3. The van der Waals surface area contributed by atoms with Crippen molar-refractivity contribution < 1.29 is 9.59 Å². The third-order valence-corrected chi connectivity index (χ3v) is 4.81. The number of carbonyl (C=O) groups is 2. The molecule has 1 aliphatic heterocycles. The van der Waals surface area contributed by atoms with Gasteiger partial charge >= 0.3 is 0 Å². The second-order valence-electron chi connectivity index (χ2n) is 6.74. The van der Waals surface area contributed by atoms with Gasteiger partial charge in [-0.2, -0.15) is 0 Å². The van der Waals surface area contributed by atoms with Gasteiger partial charge in [-0.3, -0.25) is 9.59 Å². The van der Waals surface area contributed by atoms with Gasteiger partial charge < -0.3 is 9.88 Å². The number of ketones is 1. The summed E-state index contributed by atoms with van der Waals surface area (Å²) in [6, 6.07) is 5.45. The predicted octanol–water partition coefficient (Wildman–Crippen LogP) is 2.68. The van der Waals surface area contributed by atoms with Crippen molar-refractivity contribution in [3.05, 3.63) is 46.5 Å². The topological polar surface area (TPSA) is 76.9 Å². The molecule has 1 aromatic heterocycles. The summed E-state index contributed by atoms with van der Waals surface area (Å²) >= 11 is 0. The molecule has 6 heteroatoms. The van der Waals surface area contributed by atoms with Crippen LogP contribution in [0.15, 0.2) is 18.2 Å². The molecule has 1 amide bonds. The number of hydrogen-bond donors (Lipinski definition) is 1. The highest BCUT2D eigenvalue weighted by atomic mass is 16.2. The van der Waals surface area contributed by atoms with Crippen LogP contribution in [0.3, 0.4) is 0 Å². The van der Waals surface area contributed by atoms with Crippen molar-refractivity contribution in [1.82, 2.24) is 20.1 Å². The first kappa shape index (κ1) is 17.3. The third-order valence-electron chi connectivity index (χ3n) is 4.81. The lowest BCUT2D eigenvalue weighted by Gasteiger charge is -2.13. The first-order valence-corrected chi connectivity index (χ1v) is 8.77. The van der Waals surface area contributed by atoms with E-state index >= 15 is 0 Å². The van der Waals surface area contributed by atoms with Crippen molar-refractivity contribution in [1.29, 1.82) is 0 Å². The number of aromatic nitrogens is 3. The number of Topliss-reactive ketones (excluding diaryl/α,β-unsaturated/α-hetero) is 1. The summed E-state index contributed by atoms with van der Waals surface area (Å²) in [5.41, 5.74) is 2.91. The molecule has 0 aliphatic carbocycles. The molecule has 132 valence electrons. The zero-order valence-electron chi connectivity index (χ0n) is 15.0. The second-order valence-corrected chi connectivity index (χ2v) is 6.74. The van der Waals surface area contributed by atoms with Crippen LogP contribution in [0.25, 0.3) is 0 Å². The molecule has 0 radical (unpaired) electrons. The third kappa shape index (κ3) is 3.78. The highest BCUT2D eigenvalue weighted by molar-refractivity contribution is 5.98. The van der Waals surface area contributed by atoms with Crippen molar-refractivity contribution in [2.24, 2.45) is 0 Å². The maximum Gasteiger partial charge on any atom is 0.221 e. The molecule has 2 heterocycles. The Bertz CT molecular complexity index is 810. The van der Waals surface area contributed by atoms with E-state index in [-0.39, 0.29) is 30.6 Å². The van der Waals surface area contributed by atoms with Crippen LogP contribution in [-0.4, -0.2) is 26.5 Å². The summed E-state index contributed by atoms with van der Waals surface area (Å²) in [6.45, 7) is 6.80. The highest BCUT2D eigenvalue weighted by Crippen LogP contribution is 2.19. The van der Waals surface area contributed by atoms with Crippen LogP contribution in [-0.2, 0) is 17.8 Å². The van der Waals surface area contributed by atoms with Crippen molar-refractivity contribution >= 4 is 11.7 Å². The fourth-order valence-electron chi connectivity index (χ4n) is 3.16. The van der Waals surface area contributed by atoms with E-state index in [1.54, 1.807) is 0 Å². The van der Waals surface area contributed by atoms with Gasteiger partial charge in [0, 0.05) is 31.4 Å². The maximum atomic E-state index is 12.3. The van der Waals surface area contributed by atoms with Crippen LogP contribution in [0.5, 0.6) is 0 Å². The molecule has 0 spiro atoms. The molecule has 1 unspecified atom stereocenters. The van der Waals surface area contributed by atoms with Gasteiger partial charge in [0.2, 0.25) is 5.91 Å². The Hall–Kier alpha value is -2.50. The summed E-state index contributed by atoms with van der Waals surface area (Å²) < 4.78 is 2.07. The van der Waals surface area contributed by atoms with E-state index in [1.165, 1.54) is 0 Å². The van der Waals surface area contributed by atoms with Crippen molar-refractivity contribution in [2.45, 2.75) is 59.0 Å². The van der Waals surface area contributed by atoms with Crippen molar-refractivity contribution in [2.75, 3.05) is 0 Å². The number of fused-ring (bicyclic) bond motifs is 1. The van der Waals surface area contributed by atoms with E-state index in [0.29, 0.717) is 5.56 Å². The minimum atomic E-state index is -0.205. The molecular formula is C19H24N4O2. The first-order valence-electron chi connectivity index (χ1n) is 8.77. The molecule has 1 N–H and O–H groups in total. The Morgan fingerprint density at radius 3 is 2.76 bits per heavy atom. The summed E-state index contributed by atoms with van der Waals surface area (Å²) in [4.78, 5) is 24.5. The molecule has 1 aliphatic rings. The predicted molar refractivity (Wildman–Crippen MR) is 94.4 cm³/mol. The summed E-state index contributed by atoms with van der Waals surface area (Å²) in [5, 5.41) is 11.3. The van der Waals surface area contributed by atoms with Gasteiger partial charge in [-0.05, 0) is 44.4 Å². The van der Waals surface area contributed by atoms with Crippen LogP contribution in [0.1, 0.15) is 65.4 Å². The molecule has 1 aromatic carbocycles. The highest BCUT2D eigenvalue weighted by Gasteiger charge is 2.22. The van der Waals surface area contributed by atoms with Crippen LogP contribution >= 0.6 is 0 Å². The molecule has 0 saturated heterocycles. The van der Waals surface area contributed by atoms with Crippen LogP contribution in [0, 0.1) is 13.8 Å². The van der Waals surface area contributed by atoms with Gasteiger partial charge in [-0.25, -0.2) is 0 Å². The number of nitrogens with one attached hydrogen (secondary N) is 1. The van der Waals surface area contributed by atoms with Crippen molar-refractivity contribution in [3.63, 3.8) is 0 Å². The Morgan fingerprint density at radius 2 is 2.00 bits per heavy atom. The van der Waals surface area contributed by atoms with Crippen LogP contribution < -0.4 is 5.32 Å². The summed E-state index contributed by atoms with van der Waals surface area (Å²) in [7, 11) is 0. The molecular weight excluding hydrogens is 316 g/mol. The number of rotatable bonds is 6. The van der Waals surface area contributed by atoms with E-state index in [2.05, 4.69) is 20.1 Å². The fraction of sp³-hybridized carbons (Fsp3) is 0.474. The van der Waals surface area contributed by atoms with E-state index in [1.807, 2.05) is 39.0 Å². The molecule has 25 heavy (non-hydrogen) atoms. The summed E-state index contributed by atoms with van der Waals surface area (Å²) in [6.07, 6.45) is 2.40. The van der Waals surface area contributed by atoms with E-state index in [4.69, 9.17) is 0 Å². The Kier molecular flexibility index (Phi) is 4.97. The molecule has 3 rings (SSSR count). The van der Waals surface area contributed by atoms with Crippen LogP contribution in [0.2, 0.25) is 0 Å². The van der Waals surface area contributed by atoms with E-state index in [0.717, 1.165) is 42.2 Å².